The van der Waals surface area contributed by atoms with E-state index in [0.29, 0.717) is 5.91 Å². The van der Waals surface area contributed by atoms with Gasteiger partial charge in [-0.15, -0.1) is 5.10 Å². The number of anilines is 1. The minimum Gasteiger partial charge on any atom is -0.497 e. The molecule has 2 fully saturated rings. The Balaban J connectivity index is 1.30. The Hall–Kier alpha value is -2.61. The van der Waals surface area contributed by atoms with Crippen LogP contribution in [0.1, 0.15) is 32.1 Å². The van der Waals surface area contributed by atoms with Crippen LogP contribution in [0.25, 0.3) is 16.2 Å². The number of benzene rings is 1. The third kappa shape index (κ3) is 3.76. The first-order valence-corrected chi connectivity index (χ1v) is 11.6. The lowest BCUT2D eigenvalue weighted by atomic mass is 9.96. The fourth-order valence-electron chi connectivity index (χ4n) is 4.44. The molecule has 158 valence electrons. The average Bonchev–Trinajstić information content (AvgIpc) is 3.39. The van der Waals surface area contributed by atoms with Crippen LogP contribution in [0, 0.1) is 5.92 Å². The summed E-state index contributed by atoms with van der Waals surface area (Å²) in [7, 11) is 1.66. The molecule has 3 aromatic rings. The predicted octanol–water partition coefficient (Wildman–Crippen LogP) is 3.70. The van der Waals surface area contributed by atoms with Crippen molar-refractivity contribution in [2.45, 2.75) is 32.1 Å². The summed E-state index contributed by atoms with van der Waals surface area (Å²) in [6.45, 7) is 3.56. The molecule has 0 saturated carbocycles. The molecular formula is C22H27N5O2S. The number of likely N-dealkylation sites (tertiary alicyclic amines) is 1. The van der Waals surface area contributed by atoms with Crippen LogP contribution in [0.2, 0.25) is 0 Å². The van der Waals surface area contributed by atoms with E-state index < -0.39 is 0 Å². The van der Waals surface area contributed by atoms with Crippen LogP contribution >= 0.6 is 11.3 Å². The van der Waals surface area contributed by atoms with Gasteiger partial charge in [-0.3, -0.25) is 4.79 Å². The number of ether oxygens (including phenoxy) is 1. The van der Waals surface area contributed by atoms with Gasteiger partial charge in [-0.2, -0.15) is 0 Å². The summed E-state index contributed by atoms with van der Waals surface area (Å²) < 4.78 is 7.08. The van der Waals surface area contributed by atoms with Crippen LogP contribution in [-0.4, -0.2) is 58.7 Å². The quantitative estimate of drug-likeness (QED) is 0.638. The number of rotatable bonds is 4. The van der Waals surface area contributed by atoms with Crippen molar-refractivity contribution in [2.75, 3.05) is 38.2 Å². The molecule has 1 amide bonds. The smallest absolute Gasteiger partial charge is 0.227 e. The highest BCUT2D eigenvalue weighted by Crippen LogP contribution is 2.31. The zero-order chi connectivity index (χ0) is 20.5. The van der Waals surface area contributed by atoms with Gasteiger partial charge in [0.15, 0.2) is 0 Å². The lowest BCUT2D eigenvalue weighted by Gasteiger charge is -2.36. The molecule has 0 bridgehead atoms. The molecule has 2 aliphatic heterocycles. The molecule has 2 aliphatic rings. The molecule has 0 spiro atoms. The van der Waals surface area contributed by atoms with E-state index >= 15 is 0 Å². The van der Waals surface area contributed by atoms with Crippen LogP contribution in [-0.2, 0) is 4.79 Å². The van der Waals surface area contributed by atoms with Crippen molar-refractivity contribution in [3.8, 4) is 17.0 Å². The maximum atomic E-state index is 13.0. The topological polar surface area (TPSA) is 63.0 Å². The van der Waals surface area contributed by atoms with E-state index in [-0.39, 0.29) is 5.92 Å². The van der Waals surface area contributed by atoms with Crippen molar-refractivity contribution in [2.24, 2.45) is 5.92 Å². The van der Waals surface area contributed by atoms with Crippen LogP contribution in [0.15, 0.2) is 30.5 Å². The van der Waals surface area contributed by atoms with Gasteiger partial charge in [0.25, 0.3) is 0 Å². The molecule has 0 radical (unpaired) electrons. The Morgan fingerprint density at radius 3 is 2.63 bits per heavy atom. The first-order valence-electron chi connectivity index (χ1n) is 10.8. The summed E-state index contributed by atoms with van der Waals surface area (Å²) in [6, 6.07) is 7.89. The monoisotopic (exact) mass is 425 g/mol. The zero-order valence-corrected chi connectivity index (χ0v) is 18.1. The highest BCUT2D eigenvalue weighted by molar-refractivity contribution is 7.20. The third-order valence-electron chi connectivity index (χ3n) is 6.13. The number of aromatic nitrogens is 3. The van der Waals surface area contributed by atoms with Crippen molar-refractivity contribution >= 4 is 27.3 Å². The SMILES string of the molecule is COc1ccc(-c2cn3nc(N4CCC[C@H](C(=O)N5CCCCC5)C4)sc3n2)cc1. The largest absolute Gasteiger partial charge is 0.497 e. The number of carbonyl (C=O) groups excluding carboxylic acids is 1. The molecule has 1 aromatic carbocycles. The molecule has 0 N–H and O–H groups in total. The Morgan fingerprint density at radius 1 is 1.10 bits per heavy atom. The molecular weight excluding hydrogens is 398 g/mol. The minimum absolute atomic E-state index is 0.0860. The number of imidazole rings is 1. The van der Waals surface area contributed by atoms with Crippen molar-refractivity contribution < 1.29 is 9.53 Å². The number of carbonyl (C=O) groups is 1. The summed E-state index contributed by atoms with van der Waals surface area (Å²) in [6.07, 6.45) is 7.51. The third-order valence-corrected chi connectivity index (χ3v) is 7.11. The summed E-state index contributed by atoms with van der Waals surface area (Å²) in [4.78, 5) is 22.9. The van der Waals surface area contributed by atoms with Gasteiger partial charge in [-0.1, -0.05) is 11.3 Å². The maximum absolute atomic E-state index is 13.0. The van der Waals surface area contributed by atoms with Gasteiger partial charge < -0.3 is 14.5 Å². The fourth-order valence-corrected chi connectivity index (χ4v) is 5.36. The van der Waals surface area contributed by atoms with Gasteiger partial charge in [0.2, 0.25) is 16.0 Å². The van der Waals surface area contributed by atoms with E-state index in [1.165, 1.54) is 6.42 Å². The molecule has 7 nitrogen and oxygen atoms in total. The summed E-state index contributed by atoms with van der Waals surface area (Å²) >= 11 is 1.59. The molecule has 2 aromatic heterocycles. The zero-order valence-electron chi connectivity index (χ0n) is 17.3. The number of hydrogen-bond donors (Lipinski definition) is 0. The number of methoxy groups -OCH3 is 1. The fraction of sp³-hybridized carbons (Fsp3) is 0.500. The molecule has 2 saturated heterocycles. The van der Waals surface area contributed by atoms with Crippen LogP contribution in [0.4, 0.5) is 5.13 Å². The van der Waals surface area contributed by atoms with Crippen LogP contribution < -0.4 is 9.64 Å². The van der Waals surface area contributed by atoms with E-state index in [4.69, 9.17) is 14.8 Å². The minimum atomic E-state index is 0.0860. The lowest BCUT2D eigenvalue weighted by Crippen LogP contribution is -2.46. The molecule has 4 heterocycles. The van der Waals surface area contributed by atoms with Crippen LogP contribution in [0.3, 0.4) is 0 Å². The second kappa shape index (κ2) is 8.26. The molecule has 0 aliphatic carbocycles. The van der Waals surface area contributed by atoms with Crippen molar-refractivity contribution in [3.05, 3.63) is 30.5 Å². The number of piperidine rings is 2. The number of hydrogen-bond acceptors (Lipinski definition) is 6. The van der Waals surface area contributed by atoms with E-state index in [9.17, 15) is 4.79 Å². The van der Waals surface area contributed by atoms with E-state index in [2.05, 4.69) is 9.80 Å². The second-order valence-electron chi connectivity index (χ2n) is 8.14. The summed E-state index contributed by atoms with van der Waals surface area (Å²) in [5.41, 5.74) is 1.94. The Morgan fingerprint density at radius 2 is 1.90 bits per heavy atom. The van der Waals surface area contributed by atoms with Gasteiger partial charge >= 0.3 is 0 Å². The Kier molecular flexibility index (Phi) is 5.33. The number of fused-ring (bicyclic) bond motifs is 1. The molecule has 5 rings (SSSR count). The number of nitrogens with zero attached hydrogens (tertiary/aromatic N) is 5. The van der Waals surface area contributed by atoms with E-state index in [1.54, 1.807) is 18.4 Å². The molecule has 30 heavy (non-hydrogen) atoms. The number of amides is 1. The van der Waals surface area contributed by atoms with Gasteiger partial charge in [-0.05, 0) is 56.4 Å². The van der Waals surface area contributed by atoms with E-state index in [1.807, 2.05) is 35.0 Å². The highest BCUT2D eigenvalue weighted by Gasteiger charge is 2.31. The Bertz CT molecular complexity index is 991. The molecule has 1 atom stereocenters. The first kappa shape index (κ1) is 19.4. The van der Waals surface area contributed by atoms with E-state index in [0.717, 1.165) is 79.0 Å². The van der Waals surface area contributed by atoms with Gasteiger partial charge in [-0.25, -0.2) is 9.50 Å². The first-order chi connectivity index (χ1) is 14.7. The van der Waals surface area contributed by atoms with Gasteiger partial charge in [0, 0.05) is 31.7 Å². The summed E-state index contributed by atoms with van der Waals surface area (Å²) in [5.74, 6) is 1.25. The molecule has 8 heteroatoms. The average molecular weight is 426 g/mol. The maximum Gasteiger partial charge on any atom is 0.227 e. The highest BCUT2D eigenvalue weighted by atomic mass is 32.1. The van der Waals surface area contributed by atoms with Crippen LogP contribution in [0.5, 0.6) is 5.75 Å². The normalized spacial score (nSPS) is 20.0. The standard InChI is InChI=1S/C22H27N5O2S/c1-29-18-9-7-16(8-10-18)19-15-27-21(23-19)30-22(24-27)26-13-5-6-17(14-26)20(28)25-11-3-2-4-12-25/h7-10,15,17H,2-6,11-14H2,1H3/t17-/m0/s1. The van der Waals surface area contributed by atoms with Gasteiger partial charge in [0.1, 0.15) is 5.75 Å². The second-order valence-corrected chi connectivity index (χ2v) is 9.07. The lowest BCUT2D eigenvalue weighted by molar-refractivity contribution is -0.136. The van der Waals surface area contributed by atoms with Crippen molar-refractivity contribution in [1.29, 1.82) is 0 Å². The Labute approximate surface area is 180 Å². The summed E-state index contributed by atoms with van der Waals surface area (Å²) in [5, 5.41) is 5.73. The predicted molar refractivity (Wildman–Crippen MR) is 118 cm³/mol. The van der Waals surface area contributed by atoms with Gasteiger partial charge in [0.05, 0.1) is 24.9 Å². The van der Waals surface area contributed by atoms with Crippen molar-refractivity contribution in [1.82, 2.24) is 19.5 Å². The molecule has 0 unspecified atom stereocenters. The van der Waals surface area contributed by atoms with Crippen molar-refractivity contribution in [3.63, 3.8) is 0 Å².